The first kappa shape index (κ1) is 31.9. The lowest BCUT2D eigenvalue weighted by atomic mass is 10.1. The number of ether oxygens (including phenoxy) is 2. The fourth-order valence-electron chi connectivity index (χ4n) is 1.46. The van der Waals surface area contributed by atoms with E-state index >= 15 is 0 Å². The molecule has 30 heavy (non-hydrogen) atoms. The Hall–Kier alpha value is -2.74. The summed E-state index contributed by atoms with van der Waals surface area (Å²) in [7, 11) is 0. The van der Waals surface area contributed by atoms with Crippen LogP contribution in [-0.4, -0.2) is 48.6 Å². The average molecular weight is 446 g/mol. The molecule has 1 amide bonds. The van der Waals surface area contributed by atoms with Crippen LogP contribution in [0.2, 0.25) is 0 Å². The van der Waals surface area contributed by atoms with Crippen LogP contribution in [0.25, 0.3) is 0 Å². The topological polar surface area (TPSA) is 116 Å². The van der Waals surface area contributed by atoms with Gasteiger partial charge < -0.3 is 14.8 Å². The molecule has 0 fully saturated rings. The van der Waals surface area contributed by atoms with Crippen molar-refractivity contribution in [3.8, 4) is 0 Å². The number of ketones is 1. The molecule has 0 aliphatic carbocycles. The molecule has 0 atom stereocenters. The monoisotopic (exact) mass is 445 g/mol. The van der Waals surface area contributed by atoms with E-state index in [-0.39, 0.29) is 25.5 Å². The van der Waals surface area contributed by atoms with Gasteiger partial charge in [-0.15, -0.1) is 0 Å². The Balaban J connectivity index is -0.000000510. The van der Waals surface area contributed by atoms with Gasteiger partial charge in [0.2, 0.25) is 0 Å². The summed E-state index contributed by atoms with van der Waals surface area (Å²) in [6.45, 7) is 13.2. The van der Waals surface area contributed by atoms with Crippen molar-refractivity contribution in [1.29, 1.82) is 0 Å². The van der Waals surface area contributed by atoms with Crippen LogP contribution in [0.1, 0.15) is 57.5 Å². The van der Waals surface area contributed by atoms with Crippen molar-refractivity contribution in [2.45, 2.75) is 48.5 Å². The van der Waals surface area contributed by atoms with E-state index in [9.17, 15) is 24.0 Å². The van der Waals surface area contributed by atoms with Crippen LogP contribution in [0.15, 0.2) is 24.3 Å². The van der Waals surface area contributed by atoms with Gasteiger partial charge in [-0.2, -0.15) is 0 Å². The highest BCUT2D eigenvalue weighted by atomic mass is 35.5. The summed E-state index contributed by atoms with van der Waals surface area (Å²) in [4.78, 5) is 53.7. The van der Waals surface area contributed by atoms with E-state index in [2.05, 4.69) is 14.8 Å². The van der Waals surface area contributed by atoms with Crippen molar-refractivity contribution < 1.29 is 33.4 Å². The van der Waals surface area contributed by atoms with Crippen LogP contribution in [0.3, 0.4) is 0 Å². The third-order valence-electron chi connectivity index (χ3n) is 2.68. The van der Waals surface area contributed by atoms with Crippen molar-refractivity contribution in [3.05, 3.63) is 35.4 Å². The first-order valence-corrected chi connectivity index (χ1v) is 10.0. The fraction of sp³-hybridized carbons (Fsp3) is 0.476. The predicted octanol–water partition coefficient (Wildman–Crippen LogP) is 3.22. The molecule has 1 aromatic carbocycles. The molecule has 170 valence electrons. The molecule has 0 unspecified atom stereocenters. The fourth-order valence-corrected chi connectivity index (χ4v) is 1.51. The van der Waals surface area contributed by atoms with Crippen molar-refractivity contribution in [2.24, 2.45) is 0 Å². The number of esters is 2. The molecule has 0 bridgehead atoms. The van der Waals surface area contributed by atoms with Gasteiger partial charge in [0, 0.05) is 5.56 Å². The lowest BCUT2D eigenvalue weighted by molar-refractivity contribution is -0.154. The van der Waals surface area contributed by atoms with E-state index in [1.807, 2.05) is 34.6 Å². The number of Topliss-reactive ketones (excluding diaryl/α,β-unsaturated/α-hetero) is 1. The number of rotatable bonds is 6. The van der Waals surface area contributed by atoms with E-state index in [0.717, 1.165) is 5.56 Å². The number of hydrogen-bond donors (Lipinski definition) is 1. The summed E-state index contributed by atoms with van der Waals surface area (Å²) < 4.78 is 8.68. The van der Waals surface area contributed by atoms with Gasteiger partial charge >= 0.3 is 23.1 Å². The first-order chi connectivity index (χ1) is 14.2. The van der Waals surface area contributed by atoms with Gasteiger partial charge in [0.1, 0.15) is 0 Å². The summed E-state index contributed by atoms with van der Waals surface area (Å²) >= 11 is 4.69. The molecule has 0 heterocycles. The molecular weight excluding hydrogens is 414 g/mol. The third kappa shape index (κ3) is 16.2. The van der Waals surface area contributed by atoms with Crippen LogP contribution >= 0.6 is 11.6 Å². The molecule has 9 heteroatoms. The first-order valence-electron chi connectivity index (χ1n) is 9.64. The zero-order chi connectivity index (χ0) is 24.1. The Labute approximate surface area is 183 Å². The van der Waals surface area contributed by atoms with Gasteiger partial charge in [-0.1, -0.05) is 57.5 Å². The minimum Gasteiger partial charge on any atom is -0.459 e. The van der Waals surface area contributed by atoms with Crippen LogP contribution in [0, 0.1) is 6.92 Å². The van der Waals surface area contributed by atoms with Crippen molar-refractivity contribution in [1.82, 2.24) is 5.32 Å². The number of amides is 1. The van der Waals surface area contributed by atoms with E-state index < -0.39 is 23.1 Å². The van der Waals surface area contributed by atoms with Gasteiger partial charge in [0.05, 0.1) is 19.8 Å². The van der Waals surface area contributed by atoms with Gasteiger partial charge in [0.25, 0.3) is 0 Å². The largest absolute Gasteiger partial charge is 0.459 e. The third-order valence-corrected chi connectivity index (χ3v) is 2.83. The lowest BCUT2D eigenvalue weighted by Crippen LogP contribution is -2.36. The maximum absolute atomic E-state index is 11.7. The normalized spacial score (nSPS) is 8.40. The van der Waals surface area contributed by atoms with E-state index in [1.165, 1.54) is 0 Å². The molecule has 8 nitrogen and oxygen atoms in total. The molecule has 0 radical (unpaired) electrons. The van der Waals surface area contributed by atoms with Crippen molar-refractivity contribution in [2.75, 3.05) is 19.8 Å². The summed E-state index contributed by atoms with van der Waals surface area (Å²) in [5, 5.41) is 1.14. The van der Waals surface area contributed by atoms with Crippen LogP contribution in [-0.2, 0) is 28.7 Å². The summed E-state index contributed by atoms with van der Waals surface area (Å²) in [6, 6.07) is 6.96. The Bertz CT molecular complexity index is 658. The molecule has 1 aromatic rings. The second-order valence-electron chi connectivity index (χ2n) is 4.69. The van der Waals surface area contributed by atoms with E-state index in [1.54, 1.807) is 38.1 Å². The van der Waals surface area contributed by atoms with Crippen LogP contribution in [0.5, 0.6) is 0 Å². The Morgan fingerprint density at radius 1 is 0.833 bits per heavy atom. The van der Waals surface area contributed by atoms with Crippen molar-refractivity contribution in [3.63, 3.8) is 0 Å². The number of carbonyl (C=O) groups is 5. The van der Waals surface area contributed by atoms with Crippen molar-refractivity contribution >= 4 is 40.5 Å². The lowest BCUT2D eigenvalue weighted by Gasteiger charge is -2.04. The molecular formula is C21H32ClNO7. The number of carbonyl (C=O) groups excluding carboxylic acids is 5. The van der Waals surface area contributed by atoms with E-state index in [0.29, 0.717) is 5.56 Å². The molecule has 0 aliphatic rings. The van der Waals surface area contributed by atoms with E-state index in [4.69, 9.17) is 11.6 Å². The Morgan fingerprint density at radius 3 is 1.63 bits per heavy atom. The molecule has 0 saturated carbocycles. The number of benzene rings is 1. The average Bonchev–Trinajstić information content (AvgIpc) is 2.75. The summed E-state index contributed by atoms with van der Waals surface area (Å²) in [5.41, 5.74) is 1.53. The quantitative estimate of drug-likeness (QED) is 0.309. The Morgan fingerprint density at radius 2 is 1.27 bits per heavy atom. The predicted molar refractivity (Wildman–Crippen MR) is 115 cm³/mol. The molecule has 0 aliphatic heterocycles. The summed E-state index contributed by atoms with van der Waals surface area (Å²) in [5.74, 6) is -3.13. The van der Waals surface area contributed by atoms with Gasteiger partial charge in [-0.3, -0.25) is 14.4 Å². The number of nitrogens with one attached hydrogen (secondary N) is 1. The molecule has 1 rings (SSSR count). The highest BCUT2D eigenvalue weighted by molar-refractivity contribution is 6.80. The number of hydrogen-bond acceptors (Lipinski definition) is 7. The van der Waals surface area contributed by atoms with Gasteiger partial charge in [-0.25, -0.2) is 9.59 Å². The SMILES string of the molecule is CC.CC.CCOC(=O)C(=O)Cl.CCOC(=O)C(=O)NCC(=O)c1ccc(C)cc1. The zero-order valence-electron chi connectivity index (χ0n) is 18.7. The zero-order valence-corrected chi connectivity index (χ0v) is 19.4. The highest BCUT2D eigenvalue weighted by Crippen LogP contribution is 2.03. The summed E-state index contributed by atoms with van der Waals surface area (Å²) in [6.07, 6.45) is 0. The van der Waals surface area contributed by atoms with Crippen LogP contribution < -0.4 is 5.32 Å². The highest BCUT2D eigenvalue weighted by Gasteiger charge is 2.15. The molecule has 0 saturated heterocycles. The number of halogens is 1. The minimum atomic E-state index is -1.08. The minimum absolute atomic E-state index is 0.123. The second-order valence-corrected chi connectivity index (χ2v) is 5.03. The van der Waals surface area contributed by atoms with Gasteiger partial charge in [-0.05, 0) is 32.4 Å². The molecule has 0 spiro atoms. The maximum atomic E-state index is 11.7. The number of aryl methyl sites for hydroxylation is 1. The van der Waals surface area contributed by atoms with Gasteiger partial charge in [0.15, 0.2) is 5.78 Å². The second kappa shape index (κ2) is 21.0. The molecule has 0 aromatic heterocycles. The Kier molecular flexibility index (Phi) is 22.3. The maximum Gasteiger partial charge on any atom is 0.396 e. The standard InChI is InChI=1S/C13H15NO4.C4H5ClO3.2C2H6/c1-3-18-13(17)12(16)14-8-11(15)10-6-4-9(2)5-7-10;1-2-8-4(7)3(5)6;2*1-2/h4-7H,3,8H2,1-2H3,(H,14,16);2H2,1H3;2*1-2H3. The van der Waals surface area contributed by atoms with Crippen LogP contribution in [0.4, 0.5) is 0 Å². The molecule has 1 N–H and O–H groups in total. The smallest absolute Gasteiger partial charge is 0.396 e.